The number of urea groups is 1. The maximum absolute atomic E-state index is 15.4. The fourth-order valence-electron chi connectivity index (χ4n) is 7.11. The van der Waals surface area contributed by atoms with Crippen LogP contribution in [0.25, 0.3) is 10.8 Å². The van der Waals surface area contributed by atoms with Crippen LogP contribution in [0.15, 0.2) is 120 Å². The molecule has 310 valence electrons. The average Bonchev–Trinajstić information content (AvgIpc) is 3.80. The summed E-state index contributed by atoms with van der Waals surface area (Å²) in [4.78, 5) is 42.7. The van der Waals surface area contributed by atoms with Crippen molar-refractivity contribution in [3.63, 3.8) is 0 Å². The molecule has 0 saturated heterocycles. The molecule has 21 nitrogen and oxygen atoms in total. The van der Waals surface area contributed by atoms with Crippen molar-refractivity contribution >= 4 is 292 Å². The van der Waals surface area contributed by atoms with Gasteiger partial charge in [0.2, 0.25) is 0 Å². The van der Waals surface area contributed by atoms with E-state index in [9.17, 15) is 61.5 Å². The van der Waals surface area contributed by atoms with Crippen LogP contribution >= 0.6 is 0 Å². The average molecular weight is 1040 g/mol. The van der Waals surface area contributed by atoms with Gasteiger partial charge >= 0.3 is 238 Å². The molecular weight excluding hydrogens is 1010 g/mol. The van der Waals surface area contributed by atoms with E-state index in [1.54, 1.807) is 0 Å². The quantitative estimate of drug-likeness (QED) is 0.0823. The number of hydrogen-bond acceptors (Lipinski definition) is 12. The molecule has 2 aliphatic heterocycles. The van der Waals surface area contributed by atoms with Gasteiger partial charge in [-0.15, -0.1) is 0 Å². The third-order valence-electron chi connectivity index (χ3n) is 9.45. The summed E-state index contributed by atoms with van der Waals surface area (Å²) in [6.07, 6.45) is 3.87. The van der Waals surface area contributed by atoms with Crippen LogP contribution in [-0.2, 0) is 47.5 Å². The number of nitrogens with one attached hydrogen (secondary N) is 3. The van der Waals surface area contributed by atoms with Crippen LogP contribution in [0.1, 0.15) is 27.4 Å². The molecule has 6 N–H and O–H groups in total. The first-order valence-corrected chi connectivity index (χ1v) is 21.8. The number of amides is 4. The van der Waals surface area contributed by atoms with Gasteiger partial charge in [-0.1, -0.05) is 6.08 Å². The Balaban J connectivity index is 0.00000256. The number of aromatic amines is 1. The number of hydrogen-bond donors (Lipinski definition) is 6. The number of anilines is 1. The molecule has 62 heavy (non-hydrogen) atoms. The minimum atomic E-state index is -6.18. The van der Waals surface area contributed by atoms with Gasteiger partial charge in [0, 0.05) is 53.6 Å². The molecule has 2 aromatic heterocycles. The predicted octanol–water partition coefficient (Wildman–Crippen LogP) is -0.274. The fourth-order valence-corrected chi connectivity index (χ4v) is 10.7. The number of nitrogens with zero attached hydrogens (tertiary/aromatic N) is 3. The Labute approximate surface area is 523 Å². The maximum atomic E-state index is 15.4. The Morgan fingerprint density at radius 1 is 0.806 bits per heavy atom. The number of benzene rings is 2. The van der Waals surface area contributed by atoms with Gasteiger partial charge < -0.3 is 24.7 Å². The van der Waals surface area contributed by atoms with E-state index in [0.29, 0.717) is 7.05 Å². The first-order chi connectivity index (χ1) is 26.8. The topological polar surface area (TPSA) is 329 Å². The number of H-pyrrole nitrogens is 1. The molecule has 8 rings (SSSR count). The van der Waals surface area contributed by atoms with Crippen LogP contribution < -0.4 is 15.1 Å². The van der Waals surface area contributed by atoms with Crippen molar-refractivity contribution in [2.24, 2.45) is 12.0 Å². The van der Waals surface area contributed by atoms with Crippen LogP contribution in [0.3, 0.4) is 0 Å². The summed E-state index contributed by atoms with van der Waals surface area (Å²) in [5, 5.41) is 3.34. The van der Waals surface area contributed by atoms with E-state index in [4.69, 9.17) is 0 Å². The molecule has 2 aliphatic carbocycles. The number of quaternary nitrogens is 1. The number of likely N-dealkylation sites (N-methyl/N-ethyl adjacent to an activating group) is 1. The van der Waals surface area contributed by atoms with Crippen molar-refractivity contribution in [1.29, 1.82) is 0 Å². The van der Waals surface area contributed by atoms with Gasteiger partial charge in [-0.05, 0) is 60.2 Å². The molecule has 7 bridgehead atoms. The van der Waals surface area contributed by atoms with Crippen molar-refractivity contribution in [1.82, 2.24) is 19.4 Å². The monoisotopic (exact) mass is 1030 g/mol. The van der Waals surface area contributed by atoms with Crippen molar-refractivity contribution in [3.8, 4) is 0 Å². The normalized spacial score (nSPS) is 18.4. The van der Waals surface area contributed by atoms with Crippen molar-refractivity contribution in [3.05, 3.63) is 117 Å². The van der Waals surface area contributed by atoms with E-state index in [1.165, 1.54) is 37.6 Å². The predicted molar refractivity (Wildman–Crippen MR) is 230 cm³/mol. The van der Waals surface area contributed by atoms with Gasteiger partial charge in [0.25, 0.3) is 16.0 Å². The molecule has 4 amide bonds. The number of fused-ring (bicyclic) bond motifs is 3. The Bertz CT molecular complexity index is 3230. The van der Waals surface area contributed by atoms with Gasteiger partial charge in [-0.3, -0.25) is 18.5 Å². The molecule has 1 unspecified atom stereocenters. The number of carbonyl (C=O) groups is 3. The first kappa shape index (κ1) is 57.0. The second-order valence-corrected chi connectivity index (χ2v) is 18.5. The van der Waals surface area contributed by atoms with Crippen molar-refractivity contribution < 1.29 is 66.3 Å². The summed E-state index contributed by atoms with van der Waals surface area (Å²) in [5.74, 6) is -2.72. The van der Waals surface area contributed by atoms with Crippen molar-refractivity contribution in [2.75, 3.05) is 12.4 Å². The summed E-state index contributed by atoms with van der Waals surface area (Å²) in [6.45, 7) is 0. The third-order valence-corrected chi connectivity index (χ3v) is 13.1. The Hall–Kier alpha value is 0.645. The standard InChI is InChI=1S/C33H26N6O15S4.4K.4H/c1-38-12-4-6-23(38)32(41)39(2)27-19-10-8-16(13-20(19)24(55(43,44)45)15-25(27)56(46,47)48)35-33(42)36-17-7-9-18-21(14-17)29(57(49,50)51)28(39)30(58(52,53)54)26(18)37-31(40)22-5-3-11-34-22;;;;;;;;/h3-13,15H,14H2,1-2H3,(H6-,34,35,36,37,40,42,43,44,45,46,47,48,49,50,51,52,53,54);;;;;;;;. The van der Waals surface area contributed by atoms with Crippen LogP contribution in [0.2, 0.25) is 0 Å². The first-order valence-electron chi connectivity index (χ1n) is 16.1. The molecule has 2 aromatic carbocycles. The molecule has 0 radical (unpaired) electrons. The zero-order chi connectivity index (χ0) is 42.5. The fraction of sp³-hybridized carbons (Fsp3) is 0.0909. The second kappa shape index (κ2) is 20.7. The van der Waals surface area contributed by atoms with Crippen LogP contribution in [-0.4, -0.2) is 298 Å². The van der Waals surface area contributed by atoms with Crippen molar-refractivity contribution in [2.45, 2.75) is 16.2 Å². The zero-order valence-electron chi connectivity index (χ0n) is 29.4. The Morgan fingerprint density at radius 3 is 1.98 bits per heavy atom. The second-order valence-electron chi connectivity index (χ2n) is 13.0. The van der Waals surface area contributed by atoms with E-state index < -0.39 is 134 Å². The Morgan fingerprint density at radius 2 is 1.45 bits per heavy atom. The summed E-state index contributed by atoms with van der Waals surface area (Å²) in [6, 6.07) is 6.90. The summed E-state index contributed by atoms with van der Waals surface area (Å²) >= 11 is 0. The molecule has 4 aliphatic rings. The van der Waals surface area contributed by atoms with Gasteiger partial charge in [0.15, 0.2) is 21.2 Å². The van der Waals surface area contributed by atoms with Gasteiger partial charge in [-0.2, -0.15) is 29.7 Å². The number of aromatic nitrogens is 2. The third kappa shape index (κ3) is 10.8. The molecule has 0 fully saturated rings. The number of aliphatic imine (C=N–C) groups is 1. The number of carbonyl (C=O) groups excluding carboxylic acids is 3. The van der Waals surface area contributed by atoms with E-state index in [1.807, 2.05) is 0 Å². The Kier molecular flexibility index (Phi) is 19.0. The number of aryl methyl sites for hydroxylation is 1. The van der Waals surface area contributed by atoms with Gasteiger partial charge in [0.1, 0.15) is 37.0 Å². The van der Waals surface area contributed by atoms with E-state index in [2.05, 4.69) is 20.6 Å². The van der Waals surface area contributed by atoms with Gasteiger partial charge in [0.05, 0.1) is 7.05 Å². The summed E-state index contributed by atoms with van der Waals surface area (Å²) < 4.78 is 153. The molecule has 1 atom stereocenters. The summed E-state index contributed by atoms with van der Waals surface area (Å²) in [7, 11) is -21.6. The van der Waals surface area contributed by atoms with Crippen LogP contribution in [0, 0.1) is 0 Å². The molecule has 4 heterocycles. The van der Waals surface area contributed by atoms with E-state index in [-0.39, 0.29) is 229 Å². The van der Waals surface area contributed by atoms with E-state index >= 15 is 4.79 Å². The SMILES string of the molecule is Cn1cccc1C(=O)[N+]1(C)C2=C(S(=O)(=O)O)C(=NC(=O)c3ccc[nH]3)C3=CC=C(CC3=C2S(=O)(=O)[O-])NC(=O)Nc2ccc3c1c(S(=O)(=O)O)cc(S(=O)(=O)O)c3c2.[KH].[KH].[KH].[KH]. The summed E-state index contributed by atoms with van der Waals surface area (Å²) in [5.41, 5.74) is -6.20. The molecule has 4 aromatic rings. The van der Waals surface area contributed by atoms with E-state index in [0.717, 1.165) is 41.0 Å². The van der Waals surface area contributed by atoms with Gasteiger partial charge in [-0.25, -0.2) is 23.0 Å². The minimum absolute atomic E-state index is 0. The molecular formula is C33H30K4N6O15S4. The number of rotatable bonds is 6. The van der Waals surface area contributed by atoms with Crippen LogP contribution in [0.5, 0.6) is 0 Å². The molecule has 0 saturated carbocycles. The number of allylic oxidation sites excluding steroid dienone is 5. The molecule has 29 heteroatoms. The zero-order valence-corrected chi connectivity index (χ0v) is 32.6. The van der Waals surface area contributed by atoms with Crippen LogP contribution in [0.4, 0.5) is 16.2 Å². The molecule has 0 spiro atoms.